The number of hydrogen-bond acceptors (Lipinski definition) is 12. The Morgan fingerprint density at radius 2 is 1.59 bits per heavy atom. The van der Waals surface area contributed by atoms with E-state index in [1.807, 2.05) is 25.3 Å². The summed E-state index contributed by atoms with van der Waals surface area (Å²) >= 11 is 6.42. The van der Waals surface area contributed by atoms with Gasteiger partial charge in [0.1, 0.15) is 24.1 Å². The number of benzene rings is 1. The lowest BCUT2D eigenvalue weighted by molar-refractivity contribution is -0.0458. The van der Waals surface area contributed by atoms with Crippen molar-refractivity contribution in [3.05, 3.63) is 41.8 Å². The average Bonchev–Trinajstić information content (AvgIpc) is 3.66. The minimum absolute atomic E-state index is 0.180. The number of halogens is 1. The molecule has 2 bridgehead atoms. The van der Waals surface area contributed by atoms with Crippen molar-refractivity contribution in [3.8, 4) is 22.8 Å². The number of nitrogens with zero attached hydrogens (tertiary/aromatic N) is 5. The van der Waals surface area contributed by atoms with E-state index in [0.717, 1.165) is 56.4 Å². The van der Waals surface area contributed by atoms with Crippen LogP contribution in [0, 0.1) is 5.41 Å². The first kappa shape index (κ1) is 37.2. The largest absolute Gasteiger partial charge is 0.487 e. The first-order valence-electron chi connectivity index (χ1n) is 18.0. The third kappa shape index (κ3) is 10.1. The van der Waals surface area contributed by atoms with E-state index >= 15 is 0 Å². The molecule has 1 aromatic carbocycles. The molecule has 3 atom stereocenters. The molecule has 278 valence electrons. The van der Waals surface area contributed by atoms with Gasteiger partial charge in [-0.3, -0.25) is 15.0 Å². The number of rotatable bonds is 20. The summed E-state index contributed by atoms with van der Waals surface area (Å²) < 4.78 is 36.2. The summed E-state index contributed by atoms with van der Waals surface area (Å²) in [7, 11) is 1.65. The van der Waals surface area contributed by atoms with Crippen molar-refractivity contribution in [1.82, 2.24) is 30.0 Å². The van der Waals surface area contributed by atoms with Crippen LogP contribution in [0.5, 0.6) is 11.6 Å². The van der Waals surface area contributed by atoms with Crippen molar-refractivity contribution >= 4 is 29.6 Å². The average molecular weight is 727 g/mol. The van der Waals surface area contributed by atoms with Gasteiger partial charge in [0.2, 0.25) is 5.95 Å². The van der Waals surface area contributed by atoms with Crippen molar-refractivity contribution < 1.29 is 28.4 Å². The Kier molecular flexibility index (Phi) is 13.7. The van der Waals surface area contributed by atoms with Gasteiger partial charge in [-0.2, -0.15) is 0 Å². The molecule has 2 aliphatic heterocycles. The minimum Gasteiger partial charge on any atom is -0.487 e. The van der Waals surface area contributed by atoms with E-state index in [-0.39, 0.29) is 12.1 Å². The Bertz CT molecular complexity index is 1510. The van der Waals surface area contributed by atoms with Crippen LogP contribution in [0.2, 0.25) is 5.02 Å². The SMILES string of the molecule is COCCOCCOCCOc1nn([C@H]2CC[C@H](N3C4CCC3COC4)CC2)cc1Nc1ncc(-c2ccc(Cl)c(O[C@@H](C)CNC=N)c2)cn1. The molecule has 2 unspecified atom stereocenters. The second kappa shape index (κ2) is 18.8. The van der Waals surface area contributed by atoms with E-state index in [4.69, 9.17) is 50.5 Å². The molecule has 15 heteroatoms. The van der Waals surface area contributed by atoms with Crippen LogP contribution in [-0.2, 0) is 18.9 Å². The lowest BCUT2D eigenvalue weighted by Gasteiger charge is -2.43. The molecule has 0 radical (unpaired) electrons. The molecule has 1 saturated carbocycles. The van der Waals surface area contributed by atoms with E-state index in [1.54, 1.807) is 25.6 Å². The van der Waals surface area contributed by atoms with Crippen LogP contribution in [0.4, 0.5) is 11.6 Å². The van der Waals surface area contributed by atoms with Crippen molar-refractivity contribution in [1.29, 1.82) is 5.41 Å². The number of nitrogens with one attached hydrogen (secondary N) is 3. The van der Waals surface area contributed by atoms with Gasteiger partial charge < -0.3 is 39.1 Å². The van der Waals surface area contributed by atoms with Crippen LogP contribution in [0.15, 0.2) is 36.8 Å². The molecule has 2 saturated heterocycles. The number of aromatic nitrogens is 4. The molecule has 4 heterocycles. The molecule has 3 aromatic rings. The maximum absolute atomic E-state index is 7.17. The second-order valence-corrected chi connectivity index (χ2v) is 13.7. The van der Waals surface area contributed by atoms with Gasteiger partial charge in [-0.25, -0.2) is 9.97 Å². The second-order valence-electron chi connectivity index (χ2n) is 13.3. The summed E-state index contributed by atoms with van der Waals surface area (Å²) in [5, 5.41) is 18.8. The lowest BCUT2D eigenvalue weighted by atomic mass is 9.89. The number of methoxy groups -OCH3 is 1. The molecule has 6 rings (SSSR count). The molecular weight excluding hydrogens is 676 g/mol. The van der Waals surface area contributed by atoms with Crippen molar-refractivity contribution in [2.24, 2.45) is 0 Å². The van der Waals surface area contributed by atoms with E-state index in [9.17, 15) is 0 Å². The Morgan fingerprint density at radius 3 is 2.29 bits per heavy atom. The molecular formula is C36H51ClN8O6. The molecule has 51 heavy (non-hydrogen) atoms. The third-order valence-corrected chi connectivity index (χ3v) is 10.0. The highest BCUT2D eigenvalue weighted by Gasteiger charge is 2.42. The molecule has 3 aliphatic rings. The van der Waals surface area contributed by atoms with Gasteiger partial charge in [0.15, 0.2) is 0 Å². The number of ether oxygens (including phenoxy) is 6. The predicted molar refractivity (Wildman–Crippen MR) is 195 cm³/mol. The van der Waals surface area contributed by atoms with Crippen LogP contribution in [0.25, 0.3) is 11.1 Å². The highest BCUT2D eigenvalue weighted by atomic mass is 35.5. The van der Waals surface area contributed by atoms with E-state index < -0.39 is 0 Å². The number of morpholine rings is 1. The quantitative estimate of drug-likeness (QED) is 0.0807. The van der Waals surface area contributed by atoms with Crippen LogP contribution < -0.4 is 20.1 Å². The fourth-order valence-electron chi connectivity index (χ4n) is 7.21. The Morgan fingerprint density at radius 1 is 0.922 bits per heavy atom. The van der Waals surface area contributed by atoms with Crippen LogP contribution in [0.3, 0.4) is 0 Å². The highest BCUT2D eigenvalue weighted by molar-refractivity contribution is 6.32. The smallest absolute Gasteiger partial charge is 0.257 e. The highest BCUT2D eigenvalue weighted by Crippen LogP contribution is 2.39. The van der Waals surface area contributed by atoms with Crippen LogP contribution in [0.1, 0.15) is 51.5 Å². The van der Waals surface area contributed by atoms with E-state index in [1.165, 1.54) is 12.8 Å². The van der Waals surface area contributed by atoms with Gasteiger partial charge >= 0.3 is 0 Å². The Labute approximate surface area is 304 Å². The monoisotopic (exact) mass is 726 g/mol. The summed E-state index contributed by atoms with van der Waals surface area (Å²) in [6.07, 6.45) is 13.4. The minimum atomic E-state index is -0.180. The summed E-state index contributed by atoms with van der Waals surface area (Å²) in [5.41, 5.74) is 2.39. The number of fused-ring (bicyclic) bond motifs is 2. The van der Waals surface area contributed by atoms with Gasteiger partial charge in [-0.15, -0.1) is 5.10 Å². The Hall–Kier alpha value is -3.53. The molecule has 3 N–H and O–H groups in total. The predicted octanol–water partition coefficient (Wildman–Crippen LogP) is 5.11. The van der Waals surface area contributed by atoms with E-state index in [0.29, 0.717) is 92.6 Å². The first-order chi connectivity index (χ1) is 25.0. The van der Waals surface area contributed by atoms with Gasteiger partial charge in [0, 0.05) is 43.2 Å². The van der Waals surface area contributed by atoms with Gasteiger partial charge in [0.25, 0.3) is 5.88 Å². The zero-order valence-corrected chi connectivity index (χ0v) is 30.4. The summed E-state index contributed by atoms with van der Waals surface area (Å²) in [4.78, 5) is 12.0. The summed E-state index contributed by atoms with van der Waals surface area (Å²) in [5.74, 6) is 1.47. The zero-order valence-electron chi connectivity index (χ0n) is 29.6. The number of anilines is 2. The first-order valence-corrected chi connectivity index (χ1v) is 18.4. The van der Waals surface area contributed by atoms with E-state index in [2.05, 4.69) is 30.2 Å². The lowest BCUT2D eigenvalue weighted by Crippen LogP contribution is -2.52. The Balaban J connectivity index is 1.09. The van der Waals surface area contributed by atoms with Crippen molar-refractivity contribution in [2.75, 3.05) is 71.8 Å². The van der Waals surface area contributed by atoms with Gasteiger partial charge in [0.05, 0.1) is 76.4 Å². The molecule has 14 nitrogen and oxygen atoms in total. The summed E-state index contributed by atoms with van der Waals surface area (Å²) in [6.45, 7) is 6.97. The maximum Gasteiger partial charge on any atom is 0.257 e. The molecule has 2 aromatic heterocycles. The fraction of sp³-hybridized carbons (Fsp3) is 0.611. The van der Waals surface area contributed by atoms with Gasteiger partial charge in [-0.1, -0.05) is 17.7 Å². The summed E-state index contributed by atoms with van der Waals surface area (Å²) in [6, 6.07) is 7.63. The van der Waals surface area contributed by atoms with Crippen molar-refractivity contribution in [3.63, 3.8) is 0 Å². The molecule has 0 spiro atoms. The fourth-order valence-corrected chi connectivity index (χ4v) is 7.37. The standard InChI is InChI=1S/C36H51ClN8O6/c1-25(18-39-24-38)51-34-17-26(3-10-32(34)37)27-19-40-36(41-20-27)42-33-21-44(43-35(33)50-16-15-48-14-13-47-12-11-46-2)28-4-6-29(7-5-28)45-30-8-9-31(45)23-49-22-30/h3,10,17,19-21,24-25,28-31H,4-9,11-16,18,22-23H2,1-2H3,(H2,38,39)(H,40,41,42)/t25-,28-,29-,30?,31?/m0/s1. The topological polar surface area (TPSA) is 150 Å². The molecule has 1 aliphatic carbocycles. The van der Waals surface area contributed by atoms with Crippen LogP contribution in [-0.4, -0.2) is 122 Å². The molecule has 3 fully saturated rings. The number of hydrogen-bond donors (Lipinski definition) is 3. The van der Waals surface area contributed by atoms with Crippen molar-refractivity contribution in [2.45, 2.75) is 75.7 Å². The normalized spacial score (nSPS) is 22.4. The van der Waals surface area contributed by atoms with Crippen LogP contribution >= 0.6 is 11.6 Å². The molecule has 0 amide bonds. The third-order valence-electron chi connectivity index (χ3n) is 9.73. The maximum atomic E-state index is 7.17. The zero-order chi connectivity index (χ0) is 35.4. The van der Waals surface area contributed by atoms with Gasteiger partial charge in [-0.05, 0) is 63.1 Å².